The highest BCUT2D eigenvalue weighted by atomic mass is 35.5. The van der Waals surface area contributed by atoms with Crippen LogP contribution in [0.1, 0.15) is 30.0 Å². The van der Waals surface area contributed by atoms with Gasteiger partial charge in [-0.1, -0.05) is 91.4 Å². The monoisotopic (exact) mass is 805 g/mol. The molecule has 296 valence electrons. The van der Waals surface area contributed by atoms with Crippen LogP contribution in [-0.4, -0.2) is 67.9 Å². The number of nitrogens with zero attached hydrogens (tertiary/aromatic N) is 3. The number of aliphatic hydroxyl groups is 1. The molecule has 57 heavy (non-hydrogen) atoms. The number of benzene rings is 4. The Bertz CT molecular complexity index is 2320. The van der Waals surface area contributed by atoms with E-state index in [1.54, 1.807) is 41.3 Å². The number of anilines is 1. The van der Waals surface area contributed by atoms with E-state index in [-0.39, 0.29) is 60.7 Å². The second kappa shape index (κ2) is 16.3. The summed E-state index contributed by atoms with van der Waals surface area (Å²) in [4.78, 5) is 46.3. The minimum absolute atomic E-state index is 0.0245. The van der Waals surface area contributed by atoms with Crippen LogP contribution in [0, 0.1) is 5.92 Å². The molecule has 0 radical (unpaired) electrons. The van der Waals surface area contributed by atoms with Crippen LogP contribution in [0.4, 0.5) is 5.69 Å². The van der Waals surface area contributed by atoms with E-state index in [1.165, 1.54) is 11.7 Å². The van der Waals surface area contributed by atoms with E-state index in [0.29, 0.717) is 28.5 Å². The Morgan fingerprint density at radius 1 is 0.912 bits per heavy atom. The van der Waals surface area contributed by atoms with Gasteiger partial charge in [0.05, 0.1) is 53.7 Å². The Hall–Kier alpha value is -5.20. The molecule has 3 heterocycles. The van der Waals surface area contributed by atoms with E-state index >= 15 is 4.79 Å². The van der Waals surface area contributed by atoms with E-state index in [2.05, 4.69) is 32.2 Å². The van der Waals surface area contributed by atoms with Crippen molar-refractivity contribution in [3.8, 4) is 17.2 Å². The summed E-state index contributed by atoms with van der Waals surface area (Å²) < 4.78 is 19.5. The van der Waals surface area contributed by atoms with Gasteiger partial charge in [0.2, 0.25) is 5.91 Å². The van der Waals surface area contributed by atoms with Crippen molar-refractivity contribution < 1.29 is 28.9 Å². The highest BCUT2D eigenvalue weighted by Crippen LogP contribution is 2.60. The van der Waals surface area contributed by atoms with Crippen LogP contribution in [0.2, 0.25) is 23.7 Å². The summed E-state index contributed by atoms with van der Waals surface area (Å²) in [6.07, 6.45) is 1.08. The molecule has 2 aliphatic heterocycles. The number of amides is 2. The molecule has 1 fully saturated rings. The molecular weight excluding hydrogens is 758 g/mol. The molecule has 1 aromatic heterocycles. The van der Waals surface area contributed by atoms with E-state index in [4.69, 9.17) is 25.8 Å². The smallest absolute Gasteiger partial charge is 0.297 e. The molecule has 0 saturated carbocycles. The number of aliphatic hydroxyl groups excluding tert-OH is 1. The maximum Gasteiger partial charge on any atom is 0.297 e. The molecular formula is C45H48ClN3O7Si. The highest BCUT2D eigenvalue weighted by molar-refractivity contribution is 6.91. The maximum absolute atomic E-state index is 15.4. The average Bonchev–Trinajstić information content (AvgIpc) is 3.63. The minimum Gasteiger partial charge on any atom is -0.497 e. The SMILES string of the molecule is COc1ccc([Si](C)(C)[C@@H]2[C@@H](CC(=O)N(CCO)Cc3ccccc3)O[C@]3(C(=O)N(Cc4cccc(-n5cccc(OC)c5=O)c4)c4ccc(Cl)cc43)[C@H]2C)cc1. The number of ether oxygens (including phenoxy) is 3. The fraction of sp³-hybridized carbons (Fsp3) is 0.311. The van der Waals surface area contributed by atoms with Crippen molar-refractivity contribution >= 4 is 42.4 Å². The number of hydrogen-bond acceptors (Lipinski definition) is 7. The highest BCUT2D eigenvalue weighted by Gasteiger charge is 2.66. The number of carbonyl (C=O) groups is 2. The Morgan fingerprint density at radius 3 is 2.35 bits per heavy atom. The largest absolute Gasteiger partial charge is 0.497 e. The Balaban J connectivity index is 1.29. The third kappa shape index (κ3) is 7.41. The molecule has 4 aromatic carbocycles. The molecule has 1 N–H and O–H groups in total. The van der Waals surface area contributed by atoms with Crippen LogP contribution in [-0.2, 0) is 33.0 Å². The molecule has 1 spiro atoms. The molecule has 0 aliphatic carbocycles. The quantitative estimate of drug-likeness (QED) is 0.132. The van der Waals surface area contributed by atoms with Gasteiger partial charge in [-0.05, 0) is 71.3 Å². The molecule has 12 heteroatoms. The van der Waals surface area contributed by atoms with Gasteiger partial charge in [-0.2, -0.15) is 0 Å². The number of aromatic nitrogens is 1. The predicted molar refractivity (Wildman–Crippen MR) is 224 cm³/mol. The standard InChI is InChI=1S/C45H48ClN3O7Si/c1-30-42(57(4,5)36-19-17-35(54-2)18-20-36)40(27-41(51)47(23-24-50)28-31-11-7-6-8-12-31)56-45(30)37-26-33(46)16-21-38(37)49(44(45)53)29-32-13-9-14-34(25-32)48-22-10-15-39(55-3)43(48)52/h6-22,25-26,30,40,42,50H,23-24,27-29H2,1-5H3/t30-,40+,42-,45+/m0/s1. The first-order valence-corrected chi connectivity index (χ1v) is 22.6. The van der Waals surface area contributed by atoms with E-state index < -0.39 is 19.8 Å². The fourth-order valence-electron chi connectivity index (χ4n) is 8.98. The lowest BCUT2D eigenvalue weighted by molar-refractivity contribution is -0.150. The van der Waals surface area contributed by atoms with Gasteiger partial charge in [0.1, 0.15) is 5.75 Å². The summed E-state index contributed by atoms with van der Waals surface area (Å²) in [5.74, 6) is 0.211. The van der Waals surface area contributed by atoms with Gasteiger partial charge < -0.3 is 29.1 Å². The zero-order chi connectivity index (χ0) is 40.5. The summed E-state index contributed by atoms with van der Waals surface area (Å²) in [6.45, 7) is 7.13. The second-order valence-electron chi connectivity index (χ2n) is 15.4. The summed E-state index contributed by atoms with van der Waals surface area (Å²) in [6, 6.07) is 34.1. The Morgan fingerprint density at radius 2 is 1.65 bits per heavy atom. The maximum atomic E-state index is 15.4. The van der Waals surface area contributed by atoms with Crippen LogP contribution < -0.4 is 25.1 Å². The van der Waals surface area contributed by atoms with Crippen LogP contribution in [0.25, 0.3) is 5.69 Å². The van der Waals surface area contributed by atoms with Crippen molar-refractivity contribution in [1.29, 1.82) is 0 Å². The van der Waals surface area contributed by atoms with Gasteiger partial charge in [0, 0.05) is 41.5 Å². The lowest BCUT2D eigenvalue weighted by atomic mass is 9.82. The number of halogens is 1. The van der Waals surface area contributed by atoms with Crippen molar-refractivity contribution in [3.05, 3.63) is 147 Å². The molecule has 0 unspecified atom stereocenters. The topological polar surface area (TPSA) is 111 Å². The molecule has 2 aliphatic rings. The lowest BCUT2D eigenvalue weighted by Crippen LogP contribution is -2.52. The predicted octanol–water partition coefficient (Wildman–Crippen LogP) is 6.68. The normalized spacial score (nSPS) is 20.2. The molecule has 5 aromatic rings. The Kier molecular flexibility index (Phi) is 11.5. The summed E-state index contributed by atoms with van der Waals surface area (Å²) in [5.41, 5.74) is 1.81. The zero-order valence-electron chi connectivity index (χ0n) is 32.9. The number of methoxy groups -OCH3 is 2. The fourth-order valence-corrected chi connectivity index (χ4v) is 13.2. The van der Waals surface area contributed by atoms with Crippen LogP contribution in [0.5, 0.6) is 11.5 Å². The summed E-state index contributed by atoms with van der Waals surface area (Å²) >= 11 is 6.73. The third-order valence-electron chi connectivity index (χ3n) is 11.8. The molecule has 10 nitrogen and oxygen atoms in total. The molecule has 7 rings (SSSR count). The number of pyridine rings is 1. The number of rotatable bonds is 13. The number of carbonyl (C=O) groups excluding carboxylic acids is 2. The van der Waals surface area contributed by atoms with Gasteiger partial charge >= 0.3 is 0 Å². The van der Waals surface area contributed by atoms with Gasteiger partial charge in [-0.3, -0.25) is 19.0 Å². The van der Waals surface area contributed by atoms with Gasteiger partial charge in [-0.25, -0.2) is 0 Å². The van der Waals surface area contributed by atoms with Crippen molar-refractivity contribution in [2.75, 3.05) is 32.3 Å². The van der Waals surface area contributed by atoms with Crippen molar-refractivity contribution in [2.24, 2.45) is 5.92 Å². The molecule has 1 saturated heterocycles. The average molecular weight is 806 g/mol. The second-order valence-corrected chi connectivity index (χ2v) is 20.5. The van der Waals surface area contributed by atoms with Crippen LogP contribution in [0.3, 0.4) is 0 Å². The van der Waals surface area contributed by atoms with Crippen molar-refractivity contribution in [3.63, 3.8) is 0 Å². The van der Waals surface area contributed by atoms with Crippen LogP contribution >= 0.6 is 11.6 Å². The van der Waals surface area contributed by atoms with E-state index in [0.717, 1.165) is 22.1 Å². The van der Waals surface area contributed by atoms with Crippen molar-refractivity contribution in [1.82, 2.24) is 9.47 Å². The zero-order valence-corrected chi connectivity index (χ0v) is 34.6. The van der Waals surface area contributed by atoms with Crippen LogP contribution in [0.15, 0.2) is 120 Å². The third-order valence-corrected chi connectivity index (χ3v) is 16.4. The minimum atomic E-state index is -2.56. The van der Waals surface area contributed by atoms with Gasteiger partial charge in [0.15, 0.2) is 11.4 Å². The number of fused-ring (bicyclic) bond motifs is 2. The van der Waals surface area contributed by atoms with Gasteiger partial charge in [-0.15, -0.1) is 0 Å². The summed E-state index contributed by atoms with van der Waals surface area (Å²) in [5, 5.41) is 11.6. The lowest BCUT2D eigenvalue weighted by Gasteiger charge is -2.37. The molecule has 4 atom stereocenters. The molecule has 0 bridgehead atoms. The molecule has 2 amide bonds. The Labute approximate surface area is 339 Å². The van der Waals surface area contributed by atoms with E-state index in [1.807, 2.05) is 78.9 Å². The van der Waals surface area contributed by atoms with E-state index in [9.17, 15) is 14.7 Å². The summed E-state index contributed by atoms with van der Waals surface area (Å²) in [7, 11) is 0.537. The first-order valence-electron chi connectivity index (χ1n) is 19.1. The number of hydrogen-bond donors (Lipinski definition) is 1. The van der Waals surface area contributed by atoms with Gasteiger partial charge in [0.25, 0.3) is 11.5 Å². The first kappa shape index (κ1) is 40.0. The van der Waals surface area contributed by atoms with Crippen molar-refractivity contribution in [2.45, 2.75) is 56.8 Å². The first-order chi connectivity index (χ1) is 27.4.